The normalized spacial score (nSPS) is 16.5. The standard InChI is InChI=1S/C16H24N2OS/c1-12-3-5-14(6-4-12)11-20-8-7-18-16(19)13(2)15-9-17-10-15/h3-6,13,15,17H,7-11H2,1-2H3,(H,18,19). The molecule has 4 heteroatoms. The number of carbonyl (C=O) groups is 1. The highest BCUT2D eigenvalue weighted by Crippen LogP contribution is 2.16. The van der Waals surface area contributed by atoms with Gasteiger partial charge in [-0.15, -0.1) is 0 Å². The molecule has 1 aromatic carbocycles. The van der Waals surface area contributed by atoms with Gasteiger partial charge < -0.3 is 10.6 Å². The summed E-state index contributed by atoms with van der Waals surface area (Å²) in [5.41, 5.74) is 2.64. The van der Waals surface area contributed by atoms with Crippen molar-refractivity contribution in [3.8, 4) is 0 Å². The van der Waals surface area contributed by atoms with Crippen LogP contribution < -0.4 is 10.6 Å². The number of benzene rings is 1. The summed E-state index contributed by atoms with van der Waals surface area (Å²) in [6, 6.07) is 8.64. The first-order valence-electron chi connectivity index (χ1n) is 7.28. The second-order valence-corrected chi connectivity index (χ2v) is 6.64. The zero-order valence-electron chi connectivity index (χ0n) is 12.3. The number of nitrogens with one attached hydrogen (secondary N) is 2. The van der Waals surface area contributed by atoms with Gasteiger partial charge in [0, 0.05) is 24.0 Å². The lowest BCUT2D eigenvalue weighted by atomic mass is 9.88. The molecule has 0 bridgehead atoms. The highest BCUT2D eigenvalue weighted by atomic mass is 32.2. The van der Waals surface area contributed by atoms with Crippen LogP contribution in [0.4, 0.5) is 0 Å². The second-order valence-electron chi connectivity index (χ2n) is 5.54. The van der Waals surface area contributed by atoms with Crippen molar-refractivity contribution in [1.29, 1.82) is 0 Å². The van der Waals surface area contributed by atoms with Crippen LogP contribution in [-0.2, 0) is 10.5 Å². The summed E-state index contributed by atoms with van der Waals surface area (Å²) in [5, 5.41) is 6.25. The highest BCUT2D eigenvalue weighted by molar-refractivity contribution is 7.98. The summed E-state index contributed by atoms with van der Waals surface area (Å²) >= 11 is 1.87. The van der Waals surface area contributed by atoms with Gasteiger partial charge in [-0.3, -0.25) is 4.79 Å². The van der Waals surface area contributed by atoms with E-state index < -0.39 is 0 Å². The third kappa shape index (κ3) is 4.53. The van der Waals surface area contributed by atoms with Gasteiger partial charge in [0.1, 0.15) is 0 Å². The van der Waals surface area contributed by atoms with Crippen molar-refractivity contribution < 1.29 is 4.79 Å². The molecular formula is C16H24N2OS. The Kier molecular flexibility index (Phi) is 5.92. The maximum Gasteiger partial charge on any atom is 0.223 e. The zero-order valence-corrected chi connectivity index (χ0v) is 13.1. The molecule has 0 aromatic heterocycles. The van der Waals surface area contributed by atoms with Crippen LogP contribution in [0, 0.1) is 18.8 Å². The van der Waals surface area contributed by atoms with Gasteiger partial charge in [-0.25, -0.2) is 0 Å². The third-order valence-electron chi connectivity index (χ3n) is 3.87. The molecule has 0 spiro atoms. The minimum absolute atomic E-state index is 0.137. The summed E-state index contributed by atoms with van der Waals surface area (Å²) in [7, 11) is 0. The molecule has 3 nitrogen and oxygen atoms in total. The highest BCUT2D eigenvalue weighted by Gasteiger charge is 2.28. The molecule has 1 aliphatic rings. The van der Waals surface area contributed by atoms with Crippen molar-refractivity contribution in [3.05, 3.63) is 35.4 Å². The molecule has 1 heterocycles. The molecule has 2 rings (SSSR count). The average Bonchev–Trinajstić information content (AvgIpc) is 2.38. The maximum atomic E-state index is 11.9. The lowest BCUT2D eigenvalue weighted by Gasteiger charge is -2.31. The fourth-order valence-electron chi connectivity index (χ4n) is 2.16. The summed E-state index contributed by atoms with van der Waals surface area (Å²) in [6.45, 7) is 6.86. The molecule has 0 aliphatic carbocycles. The lowest BCUT2D eigenvalue weighted by molar-refractivity contribution is -0.126. The van der Waals surface area contributed by atoms with Gasteiger partial charge in [-0.2, -0.15) is 11.8 Å². The number of hydrogen-bond donors (Lipinski definition) is 2. The minimum Gasteiger partial charge on any atom is -0.355 e. The predicted octanol–water partition coefficient (Wildman–Crippen LogP) is 2.20. The van der Waals surface area contributed by atoms with Gasteiger partial charge in [-0.05, 0) is 31.5 Å². The van der Waals surface area contributed by atoms with E-state index in [9.17, 15) is 4.79 Å². The van der Waals surface area contributed by atoms with Gasteiger partial charge in [0.05, 0.1) is 0 Å². The molecule has 0 saturated carbocycles. The number of thioether (sulfide) groups is 1. The molecule has 1 aromatic rings. The first-order chi connectivity index (χ1) is 9.66. The molecule has 1 fully saturated rings. The van der Waals surface area contributed by atoms with E-state index in [4.69, 9.17) is 0 Å². The van der Waals surface area contributed by atoms with E-state index in [0.717, 1.165) is 31.1 Å². The summed E-state index contributed by atoms with van der Waals surface area (Å²) in [4.78, 5) is 11.9. The first-order valence-corrected chi connectivity index (χ1v) is 8.44. The molecule has 1 amide bonds. The SMILES string of the molecule is Cc1ccc(CSCCNC(=O)C(C)C2CNC2)cc1. The van der Waals surface area contributed by atoms with Crippen molar-refractivity contribution in [3.63, 3.8) is 0 Å². The Hall–Kier alpha value is -1.00. The molecule has 110 valence electrons. The predicted molar refractivity (Wildman–Crippen MR) is 85.9 cm³/mol. The van der Waals surface area contributed by atoms with Crippen LogP contribution in [-0.4, -0.2) is 31.3 Å². The molecule has 1 unspecified atom stereocenters. The van der Waals surface area contributed by atoms with Gasteiger partial charge in [0.15, 0.2) is 0 Å². The third-order valence-corrected chi connectivity index (χ3v) is 4.90. The van der Waals surface area contributed by atoms with Crippen molar-refractivity contribution in [2.75, 3.05) is 25.4 Å². The van der Waals surface area contributed by atoms with Crippen LogP contribution in [0.25, 0.3) is 0 Å². The lowest BCUT2D eigenvalue weighted by Crippen LogP contribution is -2.49. The Balaban J connectivity index is 1.57. The van der Waals surface area contributed by atoms with E-state index in [0.29, 0.717) is 5.92 Å². The Morgan fingerprint density at radius 3 is 2.70 bits per heavy atom. The molecule has 1 saturated heterocycles. The largest absolute Gasteiger partial charge is 0.355 e. The fourth-order valence-corrected chi connectivity index (χ4v) is 2.98. The Morgan fingerprint density at radius 1 is 1.40 bits per heavy atom. The average molecular weight is 292 g/mol. The maximum absolute atomic E-state index is 11.9. The molecule has 20 heavy (non-hydrogen) atoms. The van der Waals surface area contributed by atoms with E-state index in [1.165, 1.54) is 11.1 Å². The van der Waals surface area contributed by atoms with E-state index in [2.05, 4.69) is 41.8 Å². The first kappa shape index (κ1) is 15.4. The van der Waals surface area contributed by atoms with Gasteiger partial charge in [0.25, 0.3) is 0 Å². The van der Waals surface area contributed by atoms with E-state index in [1.54, 1.807) is 0 Å². The van der Waals surface area contributed by atoms with Crippen LogP contribution in [0.2, 0.25) is 0 Å². The quantitative estimate of drug-likeness (QED) is 0.757. The van der Waals surface area contributed by atoms with Crippen LogP contribution in [0.15, 0.2) is 24.3 Å². The van der Waals surface area contributed by atoms with E-state index >= 15 is 0 Å². The van der Waals surface area contributed by atoms with E-state index in [1.807, 2.05) is 18.7 Å². The molecule has 1 atom stereocenters. The molecule has 1 aliphatic heterocycles. The second kappa shape index (κ2) is 7.70. The van der Waals surface area contributed by atoms with Gasteiger partial charge >= 0.3 is 0 Å². The Labute approximate surface area is 125 Å². The monoisotopic (exact) mass is 292 g/mol. The van der Waals surface area contributed by atoms with Gasteiger partial charge in [-0.1, -0.05) is 36.8 Å². The molecule has 2 N–H and O–H groups in total. The van der Waals surface area contributed by atoms with Crippen LogP contribution in [0.3, 0.4) is 0 Å². The van der Waals surface area contributed by atoms with Crippen molar-refractivity contribution in [1.82, 2.24) is 10.6 Å². The van der Waals surface area contributed by atoms with Crippen LogP contribution >= 0.6 is 11.8 Å². The van der Waals surface area contributed by atoms with Crippen LogP contribution in [0.1, 0.15) is 18.1 Å². The fraction of sp³-hybridized carbons (Fsp3) is 0.562. The molecular weight excluding hydrogens is 268 g/mol. The smallest absolute Gasteiger partial charge is 0.223 e. The Morgan fingerprint density at radius 2 is 2.10 bits per heavy atom. The van der Waals surface area contributed by atoms with Crippen molar-refractivity contribution >= 4 is 17.7 Å². The summed E-state index contributed by atoms with van der Waals surface area (Å²) in [6.07, 6.45) is 0. The number of carbonyl (C=O) groups excluding carboxylic acids is 1. The Bertz CT molecular complexity index is 429. The molecule has 0 radical (unpaired) electrons. The number of aryl methyl sites for hydroxylation is 1. The topological polar surface area (TPSA) is 41.1 Å². The minimum atomic E-state index is 0.137. The summed E-state index contributed by atoms with van der Waals surface area (Å²) < 4.78 is 0. The van der Waals surface area contributed by atoms with E-state index in [-0.39, 0.29) is 11.8 Å². The van der Waals surface area contributed by atoms with Crippen LogP contribution in [0.5, 0.6) is 0 Å². The number of rotatable bonds is 7. The zero-order chi connectivity index (χ0) is 14.4. The van der Waals surface area contributed by atoms with Gasteiger partial charge in [0.2, 0.25) is 5.91 Å². The number of amides is 1. The van der Waals surface area contributed by atoms with Crippen molar-refractivity contribution in [2.24, 2.45) is 11.8 Å². The van der Waals surface area contributed by atoms with Crippen molar-refractivity contribution in [2.45, 2.75) is 19.6 Å². The summed E-state index contributed by atoms with van der Waals surface area (Å²) in [5.74, 6) is 2.84. The number of hydrogen-bond acceptors (Lipinski definition) is 3.